The van der Waals surface area contributed by atoms with E-state index in [1.165, 1.54) is 6.07 Å². The minimum atomic E-state index is -0.377. The van der Waals surface area contributed by atoms with Gasteiger partial charge in [-0.05, 0) is 30.7 Å². The van der Waals surface area contributed by atoms with Gasteiger partial charge in [0.05, 0.1) is 11.3 Å². The highest BCUT2D eigenvalue weighted by atomic mass is 32.1. The molecule has 3 aromatic rings. The Balaban J connectivity index is 2.15. The summed E-state index contributed by atoms with van der Waals surface area (Å²) in [5.41, 5.74) is 2.05. The summed E-state index contributed by atoms with van der Waals surface area (Å²) in [7, 11) is 0. The minimum absolute atomic E-state index is 0.110. The van der Waals surface area contributed by atoms with Gasteiger partial charge in [-0.15, -0.1) is 0 Å². The third kappa shape index (κ3) is 2.28. The Kier molecular flexibility index (Phi) is 3.20. The molecule has 1 heterocycles. The van der Waals surface area contributed by atoms with Crippen LogP contribution in [-0.2, 0) is 0 Å². The van der Waals surface area contributed by atoms with Crippen molar-refractivity contribution in [1.29, 1.82) is 0 Å². The molecule has 1 N–H and O–H groups in total. The van der Waals surface area contributed by atoms with Gasteiger partial charge in [0.2, 0.25) is 0 Å². The molecule has 0 aliphatic heterocycles. The first-order valence-corrected chi connectivity index (χ1v) is 6.99. The molecule has 0 radical (unpaired) electrons. The van der Waals surface area contributed by atoms with E-state index in [4.69, 9.17) is 9.15 Å². The van der Waals surface area contributed by atoms with Gasteiger partial charge in [0.15, 0.2) is 5.58 Å². The van der Waals surface area contributed by atoms with Gasteiger partial charge >= 0.3 is 4.94 Å². The lowest BCUT2D eigenvalue weighted by Gasteiger charge is -2.06. The van der Waals surface area contributed by atoms with Crippen LogP contribution in [0.2, 0.25) is 0 Å². The molecule has 0 spiro atoms. The van der Waals surface area contributed by atoms with Crippen LogP contribution in [-0.4, -0.2) is 11.7 Å². The molecule has 0 saturated heterocycles. The van der Waals surface area contributed by atoms with Gasteiger partial charge in [-0.25, -0.2) is 4.79 Å². The van der Waals surface area contributed by atoms with Crippen LogP contribution >= 0.6 is 11.3 Å². The van der Waals surface area contributed by atoms with E-state index in [-0.39, 0.29) is 10.7 Å². The first-order valence-electron chi connectivity index (χ1n) is 6.17. The van der Waals surface area contributed by atoms with E-state index in [1.807, 2.05) is 31.2 Å². The van der Waals surface area contributed by atoms with Crippen LogP contribution in [0.15, 0.2) is 45.6 Å². The van der Waals surface area contributed by atoms with Crippen LogP contribution in [0.3, 0.4) is 0 Å². The van der Waals surface area contributed by atoms with Crippen LogP contribution in [0.25, 0.3) is 21.4 Å². The zero-order valence-corrected chi connectivity index (χ0v) is 11.6. The predicted octanol–water partition coefficient (Wildman–Crippen LogP) is 3.63. The normalized spacial score (nSPS) is 10.8. The van der Waals surface area contributed by atoms with E-state index in [9.17, 15) is 9.90 Å². The molecule has 0 saturated carbocycles. The SMILES string of the molecule is CCOc1ccc(-c2cc(O)cc3sc(=O)oc23)cc1. The average Bonchev–Trinajstić information content (AvgIpc) is 2.79. The Morgan fingerprint density at radius 2 is 2.00 bits per heavy atom. The second-order valence-electron chi connectivity index (χ2n) is 4.23. The summed E-state index contributed by atoms with van der Waals surface area (Å²) in [6.07, 6.45) is 0. The predicted molar refractivity (Wildman–Crippen MR) is 78.6 cm³/mol. The van der Waals surface area contributed by atoms with Crippen molar-refractivity contribution in [1.82, 2.24) is 0 Å². The topological polar surface area (TPSA) is 59.7 Å². The zero-order valence-electron chi connectivity index (χ0n) is 10.8. The van der Waals surface area contributed by atoms with Crippen molar-refractivity contribution in [2.24, 2.45) is 0 Å². The molecule has 2 aromatic carbocycles. The molecular weight excluding hydrogens is 276 g/mol. The molecule has 0 bridgehead atoms. The number of benzene rings is 2. The Hall–Kier alpha value is -2.27. The van der Waals surface area contributed by atoms with Crippen LogP contribution in [0, 0.1) is 0 Å². The number of hydrogen-bond donors (Lipinski definition) is 1. The van der Waals surface area contributed by atoms with E-state index in [0.29, 0.717) is 22.5 Å². The molecule has 0 unspecified atom stereocenters. The van der Waals surface area contributed by atoms with Crippen molar-refractivity contribution in [2.45, 2.75) is 6.92 Å². The molecule has 5 heteroatoms. The number of hydrogen-bond acceptors (Lipinski definition) is 5. The fourth-order valence-corrected chi connectivity index (χ4v) is 2.80. The molecule has 20 heavy (non-hydrogen) atoms. The number of phenols is 1. The number of phenolic OH excluding ortho intramolecular Hbond substituents is 1. The fourth-order valence-electron chi connectivity index (χ4n) is 2.07. The summed E-state index contributed by atoms with van der Waals surface area (Å²) in [5.74, 6) is 0.887. The van der Waals surface area contributed by atoms with Crippen molar-refractivity contribution < 1.29 is 14.3 Å². The first kappa shape index (κ1) is 12.7. The van der Waals surface area contributed by atoms with Crippen LogP contribution in [0.4, 0.5) is 0 Å². The van der Waals surface area contributed by atoms with Crippen molar-refractivity contribution in [2.75, 3.05) is 6.61 Å². The van der Waals surface area contributed by atoms with Crippen molar-refractivity contribution in [3.05, 3.63) is 46.1 Å². The molecule has 0 amide bonds. The molecule has 0 aliphatic rings. The monoisotopic (exact) mass is 288 g/mol. The molecule has 0 fully saturated rings. The Bertz CT molecular complexity index is 799. The summed E-state index contributed by atoms with van der Waals surface area (Å²) in [4.78, 5) is 11.0. The number of fused-ring (bicyclic) bond motifs is 1. The maximum atomic E-state index is 11.4. The second kappa shape index (κ2) is 5.02. The lowest BCUT2D eigenvalue weighted by Crippen LogP contribution is -1.90. The Morgan fingerprint density at radius 3 is 2.70 bits per heavy atom. The molecule has 0 aliphatic carbocycles. The maximum absolute atomic E-state index is 11.4. The fraction of sp³-hybridized carbons (Fsp3) is 0.133. The summed E-state index contributed by atoms with van der Waals surface area (Å²) < 4.78 is 11.2. The minimum Gasteiger partial charge on any atom is -0.508 e. The molecule has 3 rings (SSSR count). The molecule has 0 atom stereocenters. The quantitative estimate of drug-likeness (QED) is 0.799. The smallest absolute Gasteiger partial charge is 0.396 e. The number of rotatable bonds is 3. The summed E-state index contributed by atoms with van der Waals surface area (Å²) in [5, 5.41) is 9.76. The largest absolute Gasteiger partial charge is 0.508 e. The molecular formula is C15H12O4S. The third-order valence-electron chi connectivity index (χ3n) is 2.89. The van der Waals surface area contributed by atoms with Gasteiger partial charge in [-0.3, -0.25) is 0 Å². The lowest BCUT2D eigenvalue weighted by atomic mass is 10.0. The highest BCUT2D eigenvalue weighted by Crippen LogP contribution is 2.34. The maximum Gasteiger partial charge on any atom is 0.396 e. The third-order valence-corrected chi connectivity index (χ3v) is 3.67. The van der Waals surface area contributed by atoms with Gasteiger partial charge in [-0.1, -0.05) is 23.5 Å². The van der Waals surface area contributed by atoms with Gasteiger partial charge < -0.3 is 14.3 Å². The van der Waals surface area contributed by atoms with Gasteiger partial charge in [0.1, 0.15) is 11.5 Å². The van der Waals surface area contributed by atoms with Crippen molar-refractivity contribution in [3.8, 4) is 22.6 Å². The standard InChI is InChI=1S/C15H12O4S/c1-2-18-11-5-3-9(4-6-11)12-7-10(16)8-13-14(12)19-15(17)20-13/h3-8,16H,2H2,1H3. The van der Waals surface area contributed by atoms with Gasteiger partial charge in [-0.2, -0.15) is 0 Å². The Morgan fingerprint density at radius 1 is 1.25 bits per heavy atom. The Labute approximate surface area is 118 Å². The lowest BCUT2D eigenvalue weighted by molar-refractivity contribution is 0.340. The van der Waals surface area contributed by atoms with Gasteiger partial charge in [0.25, 0.3) is 0 Å². The zero-order chi connectivity index (χ0) is 14.1. The van der Waals surface area contributed by atoms with Gasteiger partial charge in [0, 0.05) is 11.6 Å². The second-order valence-corrected chi connectivity index (χ2v) is 5.21. The average molecular weight is 288 g/mol. The van der Waals surface area contributed by atoms with Crippen LogP contribution in [0.1, 0.15) is 6.92 Å². The van der Waals surface area contributed by atoms with E-state index < -0.39 is 0 Å². The van der Waals surface area contributed by atoms with E-state index >= 15 is 0 Å². The number of ether oxygens (including phenoxy) is 1. The van der Waals surface area contributed by atoms with Crippen molar-refractivity contribution >= 4 is 21.6 Å². The molecule has 102 valence electrons. The summed E-state index contributed by atoms with van der Waals surface area (Å²) >= 11 is 0.979. The summed E-state index contributed by atoms with van der Waals surface area (Å²) in [6, 6.07) is 10.6. The molecule has 4 nitrogen and oxygen atoms in total. The van der Waals surface area contributed by atoms with Crippen molar-refractivity contribution in [3.63, 3.8) is 0 Å². The van der Waals surface area contributed by atoms with E-state index in [2.05, 4.69) is 0 Å². The van der Waals surface area contributed by atoms with E-state index in [0.717, 1.165) is 22.6 Å². The summed E-state index contributed by atoms with van der Waals surface area (Å²) in [6.45, 7) is 2.53. The molecule has 1 aromatic heterocycles. The highest BCUT2D eigenvalue weighted by Gasteiger charge is 2.12. The van der Waals surface area contributed by atoms with Crippen LogP contribution < -0.4 is 9.68 Å². The van der Waals surface area contributed by atoms with Crippen LogP contribution in [0.5, 0.6) is 11.5 Å². The first-order chi connectivity index (χ1) is 9.67. The van der Waals surface area contributed by atoms with E-state index in [1.54, 1.807) is 6.07 Å². The highest BCUT2D eigenvalue weighted by molar-refractivity contribution is 7.16. The number of aromatic hydroxyl groups is 1.